The van der Waals surface area contributed by atoms with Gasteiger partial charge in [-0.2, -0.15) is 0 Å². The van der Waals surface area contributed by atoms with Gasteiger partial charge >= 0.3 is 0 Å². The molecule has 3 N–H and O–H groups in total. The summed E-state index contributed by atoms with van der Waals surface area (Å²) >= 11 is 0. The fourth-order valence-corrected chi connectivity index (χ4v) is 1.94. The molecule has 1 aromatic carbocycles. The lowest BCUT2D eigenvalue weighted by molar-refractivity contribution is -0.120. The summed E-state index contributed by atoms with van der Waals surface area (Å²) in [5, 5.41) is 6.52. The number of fused-ring (bicyclic) bond motifs is 1. The summed E-state index contributed by atoms with van der Waals surface area (Å²) in [7, 11) is 0. The van der Waals surface area contributed by atoms with Gasteiger partial charge in [0.25, 0.3) is 5.91 Å². The van der Waals surface area contributed by atoms with E-state index in [-0.39, 0.29) is 11.8 Å². The molecular weight excluding hydrogens is 254 g/mol. The van der Waals surface area contributed by atoms with E-state index in [1.165, 1.54) is 0 Å². The molecular formula is C15H19N3O2. The molecule has 0 saturated carbocycles. The van der Waals surface area contributed by atoms with E-state index < -0.39 is 0 Å². The predicted molar refractivity (Wildman–Crippen MR) is 78.5 cm³/mol. The first-order valence-corrected chi connectivity index (χ1v) is 6.82. The fourth-order valence-electron chi connectivity index (χ4n) is 1.94. The third-order valence-electron chi connectivity index (χ3n) is 3.03. The lowest BCUT2D eigenvalue weighted by atomic mass is 10.1. The molecule has 0 aliphatic rings. The Balaban J connectivity index is 1.84. The smallest absolute Gasteiger partial charge is 0.251 e. The van der Waals surface area contributed by atoms with Crippen LogP contribution < -0.4 is 10.6 Å². The molecule has 0 aliphatic heterocycles. The topological polar surface area (TPSA) is 74.0 Å². The lowest BCUT2D eigenvalue weighted by Gasteiger charge is -2.06. The monoisotopic (exact) mass is 273 g/mol. The Kier molecular flexibility index (Phi) is 4.76. The van der Waals surface area contributed by atoms with Gasteiger partial charge in [0.15, 0.2) is 0 Å². The maximum atomic E-state index is 12.0. The van der Waals surface area contributed by atoms with Gasteiger partial charge in [0, 0.05) is 42.2 Å². The van der Waals surface area contributed by atoms with Crippen LogP contribution in [0.5, 0.6) is 0 Å². The van der Waals surface area contributed by atoms with E-state index in [4.69, 9.17) is 0 Å². The largest absolute Gasteiger partial charge is 0.361 e. The van der Waals surface area contributed by atoms with Crippen LogP contribution in [0.4, 0.5) is 0 Å². The van der Waals surface area contributed by atoms with Gasteiger partial charge in [-0.1, -0.05) is 6.92 Å². The number of aromatic nitrogens is 1. The van der Waals surface area contributed by atoms with Crippen molar-refractivity contribution in [1.82, 2.24) is 15.6 Å². The molecule has 0 spiro atoms. The van der Waals surface area contributed by atoms with Crippen LogP contribution in [-0.2, 0) is 4.79 Å². The Hall–Kier alpha value is -2.30. The second-order valence-electron chi connectivity index (χ2n) is 4.64. The number of amides is 2. The molecule has 2 rings (SSSR count). The molecule has 1 aromatic heterocycles. The van der Waals surface area contributed by atoms with Crippen LogP contribution in [0.3, 0.4) is 0 Å². The van der Waals surface area contributed by atoms with Crippen molar-refractivity contribution in [1.29, 1.82) is 0 Å². The standard InChI is InChI=1S/C15H19N3O2/c1-2-7-17-14(19)6-9-18-15(20)12-3-4-13-11(10-12)5-8-16-13/h3-5,8,10,16H,2,6-7,9H2,1H3,(H,17,19)(H,18,20). The molecule has 0 bridgehead atoms. The van der Waals surface area contributed by atoms with Gasteiger partial charge in [0.1, 0.15) is 0 Å². The summed E-state index contributed by atoms with van der Waals surface area (Å²) < 4.78 is 0. The molecule has 20 heavy (non-hydrogen) atoms. The molecule has 1 heterocycles. The van der Waals surface area contributed by atoms with Crippen LogP contribution in [-0.4, -0.2) is 29.9 Å². The molecule has 0 unspecified atom stereocenters. The maximum Gasteiger partial charge on any atom is 0.251 e. The minimum absolute atomic E-state index is 0.0340. The molecule has 0 aliphatic carbocycles. The summed E-state index contributed by atoms with van der Waals surface area (Å²) in [6.45, 7) is 3.02. The quantitative estimate of drug-likeness (QED) is 0.751. The highest BCUT2D eigenvalue weighted by Gasteiger charge is 2.07. The van der Waals surface area contributed by atoms with Crippen LogP contribution in [0, 0.1) is 0 Å². The number of rotatable bonds is 6. The van der Waals surface area contributed by atoms with E-state index >= 15 is 0 Å². The van der Waals surface area contributed by atoms with Crippen LogP contribution in [0.25, 0.3) is 10.9 Å². The summed E-state index contributed by atoms with van der Waals surface area (Å²) in [6, 6.07) is 7.39. The van der Waals surface area contributed by atoms with Crippen molar-refractivity contribution in [2.24, 2.45) is 0 Å². The summed E-state index contributed by atoms with van der Waals surface area (Å²) in [5.74, 6) is -0.190. The van der Waals surface area contributed by atoms with E-state index in [2.05, 4.69) is 15.6 Å². The Morgan fingerprint density at radius 2 is 2.00 bits per heavy atom. The number of hydrogen-bond acceptors (Lipinski definition) is 2. The number of H-pyrrole nitrogens is 1. The van der Waals surface area contributed by atoms with E-state index in [1.54, 1.807) is 6.07 Å². The Labute approximate surface area is 117 Å². The normalized spacial score (nSPS) is 10.4. The van der Waals surface area contributed by atoms with Crippen LogP contribution in [0.15, 0.2) is 30.5 Å². The van der Waals surface area contributed by atoms with E-state index in [0.717, 1.165) is 17.3 Å². The SMILES string of the molecule is CCCNC(=O)CCNC(=O)c1ccc2[nH]ccc2c1. The first kappa shape index (κ1) is 14.1. The average molecular weight is 273 g/mol. The Morgan fingerprint density at radius 3 is 2.80 bits per heavy atom. The Morgan fingerprint density at radius 1 is 1.15 bits per heavy atom. The molecule has 106 valence electrons. The van der Waals surface area contributed by atoms with E-state index in [0.29, 0.717) is 25.1 Å². The zero-order chi connectivity index (χ0) is 14.4. The van der Waals surface area contributed by atoms with Crippen molar-refractivity contribution >= 4 is 22.7 Å². The van der Waals surface area contributed by atoms with Crippen molar-refractivity contribution in [3.63, 3.8) is 0 Å². The van der Waals surface area contributed by atoms with Gasteiger partial charge in [-0.05, 0) is 30.7 Å². The summed E-state index contributed by atoms with van der Waals surface area (Å²) in [4.78, 5) is 26.4. The number of aromatic amines is 1. The van der Waals surface area contributed by atoms with Gasteiger partial charge in [-0.15, -0.1) is 0 Å². The maximum absolute atomic E-state index is 12.0. The molecule has 2 amide bonds. The summed E-state index contributed by atoms with van der Waals surface area (Å²) in [6.07, 6.45) is 3.05. The third-order valence-corrected chi connectivity index (χ3v) is 3.03. The second-order valence-corrected chi connectivity index (χ2v) is 4.64. The van der Waals surface area contributed by atoms with Crippen molar-refractivity contribution in [3.8, 4) is 0 Å². The number of carbonyl (C=O) groups excluding carboxylic acids is 2. The molecule has 0 saturated heterocycles. The minimum Gasteiger partial charge on any atom is -0.361 e. The van der Waals surface area contributed by atoms with E-state index in [9.17, 15) is 9.59 Å². The van der Waals surface area contributed by atoms with Crippen LogP contribution >= 0.6 is 0 Å². The highest BCUT2D eigenvalue weighted by atomic mass is 16.2. The zero-order valence-electron chi connectivity index (χ0n) is 11.5. The molecule has 5 nitrogen and oxygen atoms in total. The zero-order valence-corrected chi connectivity index (χ0v) is 11.5. The average Bonchev–Trinajstić information content (AvgIpc) is 2.92. The van der Waals surface area contributed by atoms with Gasteiger partial charge in [0.2, 0.25) is 5.91 Å². The van der Waals surface area contributed by atoms with Gasteiger partial charge in [-0.25, -0.2) is 0 Å². The number of hydrogen-bond donors (Lipinski definition) is 3. The first-order valence-electron chi connectivity index (χ1n) is 6.82. The highest BCUT2D eigenvalue weighted by Crippen LogP contribution is 2.14. The van der Waals surface area contributed by atoms with Crippen molar-refractivity contribution in [2.75, 3.05) is 13.1 Å². The molecule has 0 fully saturated rings. The first-order chi connectivity index (χ1) is 9.70. The van der Waals surface area contributed by atoms with Crippen molar-refractivity contribution in [3.05, 3.63) is 36.0 Å². The molecule has 2 aromatic rings. The van der Waals surface area contributed by atoms with Gasteiger partial charge < -0.3 is 15.6 Å². The Bertz CT molecular complexity index is 604. The minimum atomic E-state index is -0.156. The third kappa shape index (κ3) is 3.60. The molecule has 0 atom stereocenters. The molecule has 0 radical (unpaired) electrons. The van der Waals surface area contributed by atoms with Crippen LogP contribution in [0.1, 0.15) is 30.1 Å². The fraction of sp³-hybridized carbons (Fsp3) is 0.333. The second kappa shape index (κ2) is 6.75. The van der Waals surface area contributed by atoms with Gasteiger partial charge in [0.05, 0.1) is 0 Å². The van der Waals surface area contributed by atoms with Crippen molar-refractivity contribution < 1.29 is 9.59 Å². The number of benzene rings is 1. The van der Waals surface area contributed by atoms with Crippen molar-refractivity contribution in [2.45, 2.75) is 19.8 Å². The molecule has 5 heteroatoms. The predicted octanol–water partition coefficient (Wildman–Crippen LogP) is 1.81. The highest BCUT2D eigenvalue weighted by molar-refractivity contribution is 5.98. The van der Waals surface area contributed by atoms with Gasteiger partial charge in [-0.3, -0.25) is 9.59 Å². The van der Waals surface area contributed by atoms with Crippen LogP contribution in [0.2, 0.25) is 0 Å². The summed E-state index contributed by atoms with van der Waals surface area (Å²) in [5.41, 5.74) is 1.60. The number of carbonyl (C=O) groups is 2. The van der Waals surface area contributed by atoms with E-state index in [1.807, 2.05) is 31.3 Å². The number of nitrogens with one attached hydrogen (secondary N) is 3. The lowest BCUT2D eigenvalue weighted by Crippen LogP contribution is -2.31.